The number of para-hydroxylation sites is 2. The van der Waals surface area contributed by atoms with Crippen molar-refractivity contribution in [2.24, 2.45) is 0 Å². The second-order valence-corrected chi connectivity index (χ2v) is 17.3. The van der Waals surface area contributed by atoms with Gasteiger partial charge < -0.3 is 9.47 Å². The van der Waals surface area contributed by atoms with Crippen molar-refractivity contribution in [3.63, 3.8) is 0 Å². The van der Waals surface area contributed by atoms with E-state index in [0.717, 1.165) is 22.7 Å². The molecule has 66 heavy (non-hydrogen) atoms. The Hall–Kier alpha value is -8.72. The molecule has 0 N–H and O–H groups in total. The zero-order valence-electron chi connectivity index (χ0n) is 36.1. The van der Waals surface area contributed by atoms with Gasteiger partial charge in [0.1, 0.15) is 0 Å². The number of anilines is 3. The van der Waals surface area contributed by atoms with E-state index in [1.807, 2.05) is 0 Å². The van der Waals surface area contributed by atoms with Crippen LogP contribution in [0.1, 0.15) is 0 Å². The van der Waals surface area contributed by atoms with Gasteiger partial charge >= 0.3 is 0 Å². The van der Waals surface area contributed by atoms with Crippen LogP contribution >= 0.6 is 0 Å². The lowest BCUT2D eigenvalue weighted by atomic mass is 9.93. The van der Waals surface area contributed by atoms with Crippen LogP contribution < -0.4 is 4.90 Å². The van der Waals surface area contributed by atoms with Gasteiger partial charge in [0.2, 0.25) is 0 Å². The number of aromatic nitrogens is 1. The Balaban J connectivity index is 0.915. The van der Waals surface area contributed by atoms with Crippen LogP contribution in [0.15, 0.2) is 255 Å². The van der Waals surface area contributed by atoms with Gasteiger partial charge in [-0.05, 0) is 155 Å². The van der Waals surface area contributed by atoms with Gasteiger partial charge in [-0.1, -0.05) is 176 Å². The average molecular weight is 839 g/mol. The summed E-state index contributed by atoms with van der Waals surface area (Å²) in [5, 5.41) is 12.6. The van der Waals surface area contributed by atoms with Gasteiger partial charge in [-0.2, -0.15) is 0 Å². The molecule has 1 aromatic heterocycles. The highest BCUT2D eigenvalue weighted by molar-refractivity contribution is 6.15. The standard InChI is InChI=1S/C64H42N2/c1-2-16-49(17-3-1)66-63-25-13-12-24-59(63)62-40-46(32-39-64(62)66)43-26-33-50(34-27-43)65(51-35-28-44(29-36-51)60-41-47-14-4-6-18-53(47)55-20-8-10-22-57(55)60)52-37-30-45(31-38-52)61-42-48-15-5-7-19-54(48)56-21-9-11-23-58(56)61/h1-42H. The van der Waals surface area contributed by atoms with Gasteiger partial charge in [0, 0.05) is 33.5 Å². The van der Waals surface area contributed by atoms with Crippen molar-refractivity contribution in [2.75, 3.05) is 4.90 Å². The topological polar surface area (TPSA) is 8.17 Å². The quantitative estimate of drug-likeness (QED) is 0.145. The second kappa shape index (κ2) is 15.5. The molecule has 0 unspecified atom stereocenters. The minimum Gasteiger partial charge on any atom is -0.311 e. The summed E-state index contributed by atoms with van der Waals surface area (Å²) in [6.07, 6.45) is 0. The SMILES string of the molecule is c1ccc(-n2c3ccccc3c3cc(-c4ccc(N(c5ccc(-c6cc7ccccc7c7ccccc67)cc5)c5ccc(-c6cc7ccccc7c7ccccc67)cc5)cc4)ccc32)cc1. The Morgan fingerprint density at radius 2 is 0.636 bits per heavy atom. The van der Waals surface area contributed by atoms with Crippen LogP contribution in [-0.4, -0.2) is 4.57 Å². The number of hydrogen-bond donors (Lipinski definition) is 0. The van der Waals surface area contributed by atoms with E-state index in [2.05, 4.69) is 264 Å². The molecule has 2 nitrogen and oxygen atoms in total. The Bertz CT molecular complexity index is 3790. The molecule has 308 valence electrons. The minimum atomic E-state index is 1.09. The van der Waals surface area contributed by atoms with Crippen LogP contribution in [-0.2, 0) is 0 Å². The maximum absolute atomic E-state index is 2.38. The summed E-state index contributed by atoms with van der Waals surface area (Å²) in [5.41, 5.74) is 14.1. The molecule has 0 fully saturated rings. The first kappa shape index (κ1) is 37.8. The third kappa shape index (κ3) is 6.26. The molecule has 0 aliphatic rings. The van der Waals surface area contributed by atoms with E-state index in [9.17, 15) is 0 Å². The predicted molar refractivity (Wildman–Crippen MR) is 282 cm³/mol. The van der Waals surface area contributed by atoms with Crippen LogP contribution in [0.25, 0.3) is 104 Å². The third-order valence-electron chi connectivity index (χ3n) is 13.6. The summed E-state index contributed by atoms with van der Waals surface area (Å²) in [7, 11) is 0. The lowest BCUT2D eigenvalue weighted by Crippen LogP contribution is -2.09. The smallest absolute Gasteiger partial charge is 0.0541 e. The summed E-state index contributed by atoms with van der Waals surface area (Å²) in [4.78, 5) is 2.38. The van der Waals surface area contributed by atoms with Crippen LogP contribution in [0.2, 0.25) is 0 Å². The Morgan fingerprint density at radius 1 is 0.242 bits per heavy atom. The van der Waals surface area contributed by atoms with Crippen molar-refractivity contribution in [1.29, 1.82) is 0 Å². The first-order chi connectivity index (χ1) is 32.7. The monoisotopic (exact) mass is 838 g/mol. The fourth-order valence-electron chi connectivity index (χ4n) is 10.4. The second-order valence-electron chi connectivity index (χ2n) is 17.3. The largest absolute Gasteiger partial charge is 0.311 e. The first-order valence-corrected chi connectivity index (χ1v) is 22.7. The van der Waals surface area contributed by atoms with Crippen molar-refractivity contribution in [3.8, 4) is 39.1 Å². The van der Waals surface area contributed by atoms with Gasteiger partial charge in [-0.3, -0.25) is 0 Å². The van der Waals surface area contributed by atoms with E-state index in [0.29, 0.717) is 0 Å². The van der Waals surface area contributed by atoms with Crippen LogP contribution in [0.5, 0.6) is 0 Å². The van der Waals surface area contributed by atoms with Crippen molar-refractivity contribution < 1.29 is 0 Å². The number of hydrogen-bond acceptors (Lipinski definition) is 1. The summed E-state index contributed by atoms with van der Waals surface area (Å²) in [6, 6.07) is 93.2. The van der Waals surface area contributed by atoms with E-state index in [1.54, 1.807) is 0 Å². The predicted octanol–water partition coefficient (Wildman–Crippen LogP) is 17.9. The number of fused-ring (bicyclic) bond motifs is 9. The molecule has 13 rings (SSSR count). The molecular weight excluding hydrogens is 797 g/mol. The van der Waals surface area contributed by atoms with Crippen molar-refractivity contribution in [2.45, 2.75) is 0 Å². The van der Waals surface area contributed by atoms with Gasteiger partial charge in [-0.25, -0.2) is 0 Å². The average Bonchev–Trinajstić information content (AvgIpc) is 3.73. The first-order valence-electron chi connectivity index (χ1n) is 22.7. The molecule has 13 aromatic rings. The number of nitrogens with zero attached hydrogens (tertiary/aromatic N) is 2. The highest BCUT2D eigenvalue weighted by Crippen LogP contribution is 2.42. The van der Waals surface area contributed by atoms with Crippen LogP contribution in [0.3, 0.4) is 0 Å². The van der Waals surface area contributed by atoms with E-state index in [1.165, 1.54) is 98.3 Å². The molecule has 12 aromatic carbocycles. The fourth-order valence-corrected chi connectivity index (χ4v) is 10.4. The van der Waals surface area contributed by atoms with E-state index >= 15 is 0 Å². The molecule has 0 bridgehead atoms. The fraction of sp³-hybridized carbons (Fsp3) is 0. The van der Waals surface area contributed by atoms with Crippen LogP contribution in [0, 0.1) is 0 Å². The van der Waals surface area contributed by atoms with E-state index in [4.69, 9.17) is 0 Å². The molecule has 0 amide bonds. The molecular formula is C64H42N2. The zero-order chi connectivity index (χ0) is 43.6. The van der Waals surface area contributed by atoms with Crippen molar-refractivity contribution >= 4 is 82.0 Å². The molecule has 0 aliphatic heterocycles. The third-order valence-corrected chi connectivity index (χ3v) is 13.6. The normalized spacial score (nSPS) is 11.6. The molecule has 0 atom stereocenters. The molecule has 2 heteroatoms. The lowest BCUT2D eigenvalue weighted by Gasteiger charge is -2.26. The summed E-state index contributed by atoms with van der Waals surface area (Å²) < 4.78 is 2.37. The lowest BCUT2D eigenvalue weighted by molar-refractivity contribution is 1.18. The minimum absolute atomic E-state index is 1.09. The van der Waals surface area contributed by atoms with Crippen molar-refractivity contribution in [1.82, 2.24) is 4.57 Å². The van der Waals surface area contributed by atoms with Crippen LogP contribution in [0.4, 0.5) is 17.1 Å². The number of rotatable bonds is 7. The molecule has 0 saturated heterocycles. The summed E-state index contributed by atoms with van der Waals surface area (Å²) in [5.74, 6) is 0. The molecule has 0 radical (unpaired) electrons. The van der Waals surface area contributed by atoms with Gasteiger partial charge in [0.15, 0.2) is 0 Å². The zero-order valence-corrected chi connectivity index (χ0v) is 36.1. The Labute approximate surface area is 383 Å². The highest BCUT2D eigenvalue weighted by atomic mass is 15.1. The molecule has 0 saturated carbocycles. The van der Waals surface area contributed by atoms with E-state index in [-0.39, 0.29) is 0 Å². The molecule has 0 spiro atoms. The number of benzene rings is 12. The van der Waals surface area contributed by atoms with Gasteiger partial charge in [0.05, 0.1) is 11.0 Å². The van der Waals surface area contributed by atoms with Gasteiger partial charge in [0.25, 0.3) is 0 Å². The summed E-state index contributed by atoms with van der Waals surface area (Å²) >= 11 is 0. The van der Waals surface area contributed by atoms with Gasteiger partial charge in [-0.15, -0.1) is 0 Å². The maximum Gasteiger partial charge on any atom is 0.0541 e. The molecule has 0 aliphatic carbocycles. The maximum atomic E-state index is 2.38. The van der Waals surface area contributed by atoms with E-state index < -0.39 is 0 Å². The Morgan fingerprint density at radius 3 is 1.17 bits per heavy atom. The Kier molecular flexibility index (Phi) is 8.89. The van der Waals surface area contributed by atoms with Crippen molar-refractivity contribution in [3.05, 3.63) is 255 Å². The highest BCUT2D eigenvalue weighted by Gasteiger charge is 2.18. The summed E-state index contributed by atoms with van der Waals surface area (Å²) in [6.45, 7) is 0. The molecule has 1 heterocycles.